The number of methoxy groups -OCH3 is 1. The Kier molecular flexibility index (Phi) is 7.61. The van der Waals surface area contributed by atoms with Crippen LogP contribution in [0, 0.1) is 0 Å². The molecule has 0 aliphatic rings. The minimum Gasteiger partial charge on any atom is -0.497 e. The van der Waals surface area contributed by atoms with E-state index in [1.54, 1.807) is 48.5 Å². The van der Waals surface area contributed by atoms with Crippen LogP contribution in [0.4, 0.5) is 11.4 Å². The number of carbonyl (C=O) groups excluding carboxylic acids is 1. The van der Waals surface area contributed by atoms with Crippen LogP contribution in [0.5, 0.6) is 11.5 Å². The highest BCUT2D eigenvalue weighted by Crippen LogP contribution is 2.22. The molecule has 32 heavy (non-hydrogen) atoms. The number of benzene rings is 3. The molecule has 0 heterocycles. The second-order valence-corrected chi connectivity index (χ2v) is 8.94. The van der Waals surface area contributed by atoms with Crippen molar-refractivity contribution in [1.29, 1.82) is 0 Å². The van der Waals surface area contributed by atoms with Crippen LogP contribution in [0.3, 0.4) is 0 Å². The van der Waals surface area contributed by atoms with Gasteiger partial charge < -0.3 is 14.8 Å². The third-order valence-electron chi connectivity index (χ3n) is 4.53. The summed E-state index contributed by atoms with van der Waals surface area (Å²) in [6.07, 6.45) is -0.261. The summed E-state index contributed by atoms with van der Waals surface area (Å²) < 4.78 is 38.5. The van der Waals surface area contributed by atoms with Crippen LogP contribution < -0.4 is 19.5 Å². The summed E-state index contributed by atoms with van der Waals surface area (Å²) in [5.74, 6) is 0.815. The number of halogens is 1. The molecule has 1 atom stereocenters. The summed E-state index contributed by atoms with van der Waals surface area (Å²) in [5, 5.41) is 3.32. The number of hydrogen-bond acceptors (Lipinski definition) is 5. The molecular weight excluding hydrogens is 452 g/mol. The lowest BCUT2D eigenvalue weighted by Crippen LogP contribution is -2.32. The first-order valence-corrected chi connectivity index (χ1v) is 11.7. The normalized spacial score (nSPS) is 12.0. The molecule has 0 spiro atoms. The average Bonchev–Trinajstić information content (AvgIpc) is 2.79. The van der Waals surface area contributed by atoms with E-state index in [4.69, 9.17) is 21.1 Å². The average molecular weight is 475 g/mol. The molecule has 2 N–H and O–H groups in total. The summed E-state index contributed by atoms with van der Waals surface area (Å²) in [4.78, 5) is 12.7. The zero-order valence-electron chi connectivity index (χ0n) is 17.5. The Bertz CT molecular complexity index is 1150. The molecule has 1 amide bonds. The van der Waals surface area contributed by atoms with Gasteiger partial charge in [0.25, 0.3) is 15.9 Å². The van der Waals surface area contributed by atoms with E-state index in [-0.39, 0.29) is 10.8 Å². The fourth-order valence-electron chi connectivity index (χ4n) is 2.81. The second kappa shape index (κ2) is 10.4. The van der Waals surface area contributed by atoms with E-state index in [0.717, 1.165) is 0 Å². The number of rotatable bonds is 9. The van der Waals surface area contributed by atoms with Crippen LogP contribution in [0.25, 0.3) is 0 Å². The van der Waals surface area contributed by atoms with E-state index in [9.17, 15) is 13.2 Å². The topological polar surface area (TPSA) is 93.7 Å². The Morgan fingerprint density at radius 1 is 0.906 bits per heavy atom. The quantitative estimate of drug-likeness (QED) is 0.458. The van der Waals surface area contributed by atoms with Crippen molar-refractivity contribution in [3.63, 3.8) is 0 Å². The van der Waals surface area contributed by atoms with Crippen molar-refractivity contribution >= 4 is 38.9 Å². The van der Waals surface area contributed by atoms with Gasteiger partial charge in [-0.25, -0.2) is 8.42 Å². The summed E-state index contributed by atoms with van der Waals surface area (Å²) in [5.41, 5.74) is 0.866. The number of sulfonamides is 1. The number of anilines is 2. The van der Waals surface area contributed by atoms with Crippen molar-refractivity contribution in [2.24, 2.45) is 0 Å². The largest absolute Gasteiger partial charge is 0.497 e. The lowest BCUT2D eigenvalue weighted by Gasteiger charge is -2.17. The fraction of sp³-hybridized carbons (Fsp3) is 0.174. The predicted octanol–water partition coefficient (Wildman–Crippen LogP) is 4.95. The van der Waals surface area contributed by atoms with E-state index in [2.05, 4.69) is 10.0 Å². The molecule has 0 fully saturated rings. The van der Waals surface area contributed by atoms with Gasteiger partial charge in [0.05, 0.1) is 12.0 Å². The maximum Gasteiger partial charge on any atom is 0.265 e. The van der Waals surface area contributed by atoms with Crippen LogP contribution in [-0.2, 0) is 14.8 Å². The molecule has 0 aliphatic heterocycles. The molecular formula is C23H23ClN2O5S. The number of nitrogens with one attached hydrogen (secondary N) is 2. The van der Waals surface area contributed by atoms with Gasteiger partial charge in [-0.1, -0.05) is 18.5 Å². The lowest BCUT2D eigenvalue weighted by atomic mass is 10.2. The van der Waals surface area contributed by atoms with Gasteiger partial charge in [0.1, 0.15) is 11.5 Å². The molecule has 168 valence electrons. The first kappa shape index (κ1) is 23.4. The van der Waals surface area contributed by atoms with Crippen LogP contribution in [0.1, 0.15) is 13.3 Å². The molecule has 0 aliphatic carbocycles. The van der Waals surface area contributed by atoms with Gasteiger partial charge in [0.2, 0.25) is 0 Å². The van der Waals surface area contributed by atoms with Gasteiger partial charge in [-0.2, -0.15) is 0 Å². The summed E-state index contributed by atoms with van der Waals surface area (Å²) in [7, 11) is -2.25. The standard InChI is InChI=1S/C23H23ClN2O5S/c1-3-22(31-20-10-4-16(24)5-11-20)23(27)25-17-8-14-21(15-9-17)32(28,29)26-18-6-12-19(30-2)13-7-18/h4-15,22,26H,3H2,1-2H3,(H,25,27)/t22-/m1/s1. The van der Waals surface area contributed by atoms with Crippen molar-refractivity contribution in [2.75, 3.05) is 17.1 Å². The third-order valence-corrected chi connectivity index (χ3v) is 6.18. The lowest BCUT2D eigenvalue weighted by molar-refractivity contribution is -0.122. The van der Waals surface area contributed by atoms with E-state index >= 15 is 0 Å². The first-order valence-electron chi connectivity index (χ1n) is 9.81. The molecule has 3 aromatic carbocycles. The van der Waals surface area contributed by atoms with Gasteiger partial charge in [-0.05, 0) is 79.2 Å². The Hall–Kier alpha value is -3.23. The highest BCUT2D eigenvalue weighted by molar-refractivity contribution is 7.92. The third kappa shape index (κ3) is 6.15. The molecule has 0 saturated carbocycles. The monoisotopic (exact) mass is 474 g/mol. The Morgan fingerprint density at radius 2 is 1.47 bits per heavy atom. The second-order valence-electron chi connectivity index (χ2n) is 6.82. The zero-order chi connectivity index (χ0) is 23.1. The Balaban J connectivity index is 1.64. The van der Waals surface area contributed by atoms with Gasteiger partial charge >= 0.3 is 0 Å². The molecule has 0 aromatic heterocycles. The number of hydrogen-bond donors (Lipinski definition) is 2. The minimum atomic E-state index is -3.78. The van der Waals surface area contributed by atoms with Crippen molar-refractivity contribution in [3.8, 4) is 11.5 Å². The maximum absolute atomic E-state index is 12.6. The van der Waals surface area contributed by atoms with Crippen molar-refractivity contribution < 1.29 is 22.7 Å². The number of carbonyl (C=O) groups is 1. The van der Waals surface area contributed by atoms with E-state index < -0.39 is 16.1 Å². The predicted molar refractivity (Wildman–Crippen MR) is 125 cm³/mol. The van der Waals surface area contributed by atoms with E-state index in [1.165, 1.54) is 31.4 Å². The van der Waals surface area contributed by atoms with Crippen molar-refractivity contribution in [3.05, 3.63) is 77.8 Å². The molecule has 0 radical (unpaired) electrons. The summed E-state index contributed by atoms with van der Waals surface area (Å²) in [6.45, 7) is 1.83. The van der Waals surface area contributed by atoms with Crippen molar-refractivity contribution in [2.45, 2.75) is 24.3 Å². The summed E-state index contributed by atoms with van der Waals surface area (Å²) in [6, 6.07) is 19.2. The van der Waals surface area contributed by atoms with Gasteiger partial charge in [0, 0.05) is 16.4 Å². The Labute approximate surface area is 192 Å². The summed E-state index contributed by atoms with van der Waals surface area (Å²) >= 11 is 5.87. The molecule has 3 aromatic rings. The zero-order valence-corrected chi connectivity index (χ0v) is 19.1. The molecule has 3 rings (SSSR count). The highest BCUT2D eigenvalue weighted by atomic mass is 35.5. The molecule has 0 unspecified atom stereocenters. The van der Waals surface area contributed by atoms with Gasteiger partial charge in [-0.15, -0.1) is 0 Å². The number of ether oxygens (including phenoxy) is 2. The molecule has 9 heteroatoms. The maximum atomic E-state index is 12.6. The fourth-order valence-corrected chi connectivity index (χ4v) is 4.00. The molecule has 0 bridgehead atoms. The van der Waals surface area contributed by atoms with Crippen LogP contribution in [-0.4, -0.2) is 27.5 Å². The van der Waals surface area contributed by atoms with Crippen LogP contribution in [0.2, 0.25) is 5.02 Å². The van der Waals surface area contributed by atoms with Gasteiger partial charge in [0.15, 0.2) is 6.10 Å². The molecule has 7 nitrogen and oxygen atoms in total. The van der Waals surface area contributed by atoms with Crippen LogP contribution >= 0.6 is 11.6 Å². The van der Waals surface area contributed by atoms with Crippen LogP contribution in [0.15, 0.2) is 77.7 Å². The minimum absolute atomic E-state index is 0.0655. The van der Waals surface area contributed by atoms with E-state index in [0.29, 0.717) is 34.3 Å². The smallest absolute Gasteiger partial charge is 0.265 e. The first-order chi connectivity index (χ1) is 15.3. The molecule has 0 saturated heterocycles. The van der Waals surface area contributed by atoms with Crippen molar-refractivity contribution in [1.82, 2.24) is 0 Å². The van der Waals surface area contributed by atoms with E-state index in [1.807, 2.05) is 6.92 Å². The van der Waals surface area contributed by atoms with Gasteiger partial charge in [-0.3, -0.25) is 9.52 Å². The Morgan fingerprint density at radius 3 is 2.03 bits per heavy atom. The SMILES string of the molecule is CC[C@@H](Oc1ccc(Cl)cc1)C(=O)Nc1ccc(S(=O)(=O)Nc2ccc(OC)cc2)cc1. The number of amides is 1. The highest BCUT2D eigenvalue weighted by Gasteiger charge is 2.19.